The quantitative estimate of drug-likeness (QED) is 0.712. The van der Waals surface area contributed by atoms with Gasteiger partial charge in [0, 0.05) is 15.4 Å². The van der Waals surface area contributed by atoms with Crippen molar-refractivity contribution in [2.24, 2.45) is 5.73 Å². The van der Waals surface area contributed by atoms with Gasteiger partial charge in [0.1, 0.15) is 6.10 Å². The molecule has 1 heterocycles. The summed E-state index contributed by atoms with van der Waals surface area (Å²) in [5, 5.41) is 0. The van der Waals surface area contributed by atoms with Gasteiger partial charge in [-0.3, -0.25) is 0 Å². The molecule has 0 aliphatic heterocycles. The van der Waals surface area contributed by atoms with Crippen LogP contribution in [0.1, 0.15) is 24.3 Å². The van der Waals surface area contributed by atoms with Gasteiger partial charge in [-0.05, 0) is 52.7 Å². The van der Waals surface area contributed by atoms with Gasteiger partial charge in [-0.15, -0.1) is 11.3 Å². The molecule has 0 aliphatic carbocycles. The van der Waals surface area contributed by atoms with E-state index in [0.29, 0.717) is 4.47 Å². The Hall–Kier alpha value is -0.430. The lowest BCUT2D eigenvalue weighted by Gasteiger charge is -2.23. The third-order valence-corrected chi connectivity index (χ3v) is 5.06. The summed E-state index contributed by atoms with van der Waals surface area (Å²) in [6.45, 7) is 1.99. The van der Waals surface area contributed by atoms with Gasteiger partial charge in [-0.1, -0.05) is 22.9 Å². The number of thiophene rings is 1. The standard InChI is InChI=1S/C14H14Br2FNOS/c1-2-10(18)14(12-5-6-13(16)20-12)19-11-4-3-8(15)7-9(11)17/h3-7,10,14H,2,18H2,1H3. The van der Waals surface area contributed by atoms with Crippen LogP contribution in [0, 0.1) is 5.82 Å². The van der Waals surface area contributed by atoms with Crippen molar-refractivity contribution in [3.8, 4) is 5.75 Å². The zero-order valence-corrected chi connectivity index (χ0v) is 14.8. The molecule has 1 aromatic heterocycles. The third kappa shape index (κ3) is 3.81. The fraction of sp³-hybridized carbons (Fsp3) is 0.286. The van der Waals surface area contributed by atoms with Crippen LogP contribution in [0.4, 0.5) is 4.39 Å². The molecular formula is C14H14Br2FNOS. The molecule has 2 unspecified atom stereocenters. The molecule has 0 radical (unpaired) electrons. The van der Waals surface area contributed by atoms with Gasteiger partial charge in [0.2, 0.25) is 0 Å². The van der Waals surface area contributed by atoms with Crippen molar-refractivity contribution < 1.29 is 9.13 Å². The summed E-state index contributed by atoms with van der Waals surface area (Å²) in [7, 11) is 0. The van der Waals surface area contributed by atoms with Crippen LogP contribution in [0.2, 0.25) is 0 Å². The van der Waals surface area contributed by atoms with E-state index in [0.717, 1.165) is 15.1 Å². The first-order chi connectivity index (χ1) is 9.51. The van der Waals surface area contributed by atoms with Gasteiger partial charge in [-0.2, -0.15) is 0 Å². The summed E-state index contributed by atoms with van der Waals surface area (Å²) >= 11 is 8.20. The number of halogens is 3. The molecule has 0 saturated carbocycles. The normalized spacial score (nSPS) is 14.1. The van der Waals surface area contributed by atoms with Crippen LogP contribution in [-0.4, -0.2) is 6.04 Å². The van der Waals surface area contributed by atoms with Crippen LogP contribution < -0.4 is 10.5 Å². The Morgan fingerprint density at radius 3 is 2.60 bits per heavy atom. The maximum atomic E-state index is 13.9. The zero-order chi connectivity index (χ0) is 14.7. The summed E-state index contributed by atoms with van der Waals surface area (Å²) < 4.78 is 21.4. The van der Waals surface area contributed by atoms with E-state index >= 15 is 0 Å². The lowest BCUT2D eigenvalue weighted by Crippen LogP contribution is -2.31. The molecule has 1 aromatic carbocycles. The number of ether oxygens (including phenoxy) is 1. The first kappa shape index (κ1) is 15.9. The minimum absolute atomic E-state index is 0.191. The number of benzene rings is 1. The van der Waals surface area contributed by atoms with Crippen molar-refractivity contribution >= 4 is 43.2 Å². The smallest absolute Gasteiger partial charge is 0.166 e. The van der Waals surface area contributed by atoms with Crippen LogP contribution in [0.25, 0.3) is 0 Å². The summed E-state index contributed by atoms with van der Waals surface area (Å²) in [6, 6.07) is 8.44. The Kier molecular flexibility index (Phi) is 5.60. The molecule has 2 atom stereocenters. The van der Waals surface area contributed by atoms with Crippen LogP contribution >= 0.6 is 43.2 Å². The highest BCUT2D eigenvalue weighted by Crippen LogP contribution is 2.34. The van der Waals surface area contributed by atoms with Crippen molar-refractivity contribution in [1.82, 2.24) is 0 Å². The van der Waals surface area contributed by atoms with E-state index in [1.807, 2.05) is 19.1 Å². The predicted molar refractivity (Wildman–Crippen MR) is 87.8 cm³/mol. The van der Waals surface area contributed by atoms with Gasteiger partial charge in [-0.25, -0.2) is 4.39 Å². The molecule has 2 nitrogen and oxygen atoms in total. The monoisotopic (exact) mass is 421 g/mol. The van der Waals surface area contributed by atoms with E-state index < -0.39 is 5.82 Å². The second-order valence-electron chi connectivity index (χ2n) is 4.33. The first-order valence-electron chi connectivity index (χ1n) is 6.13. The molecule has 0 aliphatic rings. The minimum atomic E-state index is -0.400. The average Bonchev–Trinajstić information content (AvgIpc) is 2.83. The topological polar surface area (TPSA) is 35.2 Å². The second kappa shape index (κ2) is 7.02. The molecular weight excluding hydrogens is 409 g/mol. The Bertz CT molecular complexity index is 590. The summed E-state index contributed by atoms with van der Waals surface area (Å²) in [4.78, 5) is 0.980. The summed E-state index contributed by atoms with van der Waals surface area (Å²) in [5.41, 5.74) is 6.12. The SMILES string of the molecule is CCC(N)C(Oc1ccc(Br)cc1F)c1ccc(Br)s1. The second-order valence-corrected chi connectivity index (χ2v) is 7.74. The highest BCUT2D eigenvalue weighted by molar-refractivity contribution is 9.11. The van der Waals surface area contributed by atoms with Crippen LogP contribution in [0.3, 0.4) is 0 Å². The third-order valence-electron chi connectivity index (χ3n) is 2.88. The minimum Gasteiger partial charge on any atom is -0.480 e. The van der Waals surface area contributed by atoms with Crippen molar-refractivity contribution in [3.05, 3.63) is 49.3 Å². The predicted octanol–water partition coefficient (Wildman–Crippen LogP) is 5.27. The van der Waals surface area contributed by atoms with E-state index in [4.69, 9.17) is 10.5 Å². The summed E-state index contributed by atoms with van der Waals surface area (Å²) in [5.74, 6) is -0.185. The zero-order valence-electron chi connectivity index (χ0n) is 10.8. The Morgan fingerprint density at radius 1 is 1.30 bits per heavy atom. The fourth-order valence-electron chi connectivity index (χ4n) is 1.76. The number of hydrogen-bond acceptors (Lipinski definition) is 3. The lowest BCUT2D eigenvalue weighted by molar-refractivity contribution is 0.167. The van der Waals surface area contributed by atoms with Crippen molar-refractivity contribution in [2.75, 3.05) is 0 Å². The average molecular weight is 423 g/mol. The van der Waals surface area contributed by atoms with Crippen LogP contribution in [0.5, 0.6) is 5.75 Å². The van der Waals surface area contributed by atoms with Crippen molar-refractivity contribution in [1.29, 1.82) is 0 Å². The Labute approximate surface area is 138 Å². The van der Waals surface area contributed by atoms with Crippen molar-refractivity contribution in [3.63, 3.8) is 0 Å². The van der Waals surface area contributed by atoms with Gasteiger partial charge >= 0.3 is 0 Å². The van der Waals surface area contributed by atoms with Crippen molar-refractivity contribution in [2.45, 2.75) is 25.5 Å². The summed E-state index contributed by atoms with van der Waals surface area (Å²) in [6.07, 6.45) is 0.394. The molecule has 0 saturated heterocycles. The number of nitrogens with two attached hydrogens (primary N) is 1. The molecule has 0 amide bonds. The van der Waals surface area contributed by atoms with Gasteiger partial charge in [0.15, 0.2) is 11.6 Å². The highest BCUT2D eigenvalue weighted by Gasteiger charge is 2.23. The molecule has 0 spiro atoms. The molecule has 2 N–H and O–H groups in total. The molecule has 2 rings (SSSR count). The number of rotatable bonds is 5. The Morgan fingerprint density at radius 2 is 2.05 bits per heavy atom. The van der Waals surface area contributed by atoms with Crippen LogP contribution in [0.15, 0.2) is 38.6 Å². The van der Waals surface area contributed by atoms with E-state index in [9.17, 15) is 4.39 Å². The maximum absolute atomic E-state index is 13.9. The first-order valence-corrected chi connectivity index (χ1v) is 8.54. The maximum Gasteiger partial charge on any atom is 0.166 e. The molecule has 0 fully saturated rings. The Balaban J connectivity index is 2.28. The van der Waals surface area contributed by atoms with E-state index in [2.05, 4.69) is 31.9 Å². The molecule has 108 valence electrons. The fourth-order valence-corrected chi connectivity index (χ4v) is 3.62. The highest BCUT2D eigenvalue weighted by atomic mass is 79.9. The molecule has 20 heavy (non-hydrogen) atoms. The van der Waals surface area contributed by atoms with E-state index in [1.54, 1.807) is 23.5 Å². The van der Waals surface area contributed by atoms with E-state index in [-0.39, 0.29) is 17.9 Å². The lowest BCUT2D eigenvalue weighted by atomic mass is 10.1. The van der Waals surface area contributed by atoms with Crippen LogP contribution in [-0.2, 0) is 0 Å². The van der Waals surface area contributed by atoms with Gasteiger partial charge in [0.25, 0.3) is 0 Å². The molecule has 2 aromatic rings. The largest absolute Gasteiger partial charge is 0.480 e. The van der Waals surface area contributed by atoms with Gasteiger partial charge < -0.3 is 10.5 Å². The van der Waals surface area contributed by atoms with Gasteiger partial charge in [0.05, 0.1) is 3.79 Å². The number of hydrogen-bond donors (Lipinski definition) is 1. The molecule has 0 bridgehead atoms. The van der Waals surface area contributed by atoms with E-state index in [1.165, 1.54) is 6.07 Å². The molecule has 6 heteroatoms.